The van der Waals surface area contributed by atoms with Crippen molar-refractivity contribution in [2.45, 2.75) is 0 Å². The summed E-state index contributed by atoms with van der Waals surface area (Å²) >= 11 is 3.70. The molecule has 4 heterocycles. The van der Waals surface area contributed by atoms with Crippen molar-refractivity contribution >= 4 is 128 Å². The van der Waals surface area contributed by atoms with Crippen molar-refractivity contribution in [1.82, 2.24) is 0 Å². The fourth-order valence-electron chi connectivity index (χ4n) is 7.94. The summed E-state index contributed by atoms with van der Waals surface area (Å²) in [4.78, 5) is 0. The second kappa shape index (κ2) is 9.74. The van der Waals surface area contributed by atoms with E-state index in [1.54, 1.807) is 0 Å². The molecule has 0 amide bonds. The molecule has 0 aliphatic carbocycles. The minimum Gasteiger partial charge on any atom is -0.455 e. The van der Waals surface area contributed by atoms with E-state index in [1.807, 2.05) is 22.7 Å². The molecule has 12 rings (SSSR count). The molecule has 230 valence electrons. The van der Waals surface area contributed by atoms with Gasteiger partial charge in [-0.2, -0.15) is 0 Å². The monoisotopic (exact) mass is 670 g/mol. The molecule has 0 saturated carbocycles. The van der Waals surface area contributed by atoms with Crippen LogP contribution < -0.4 is 0 Å². The summed E-state index contributed by atoms with van der Waals surface area (Å²) in [6.45, 7) is 0. The highest BCUT2D eigenvalue weighted by molar-refractivity contribution is 7.27. The van der Waals surface area contributed by atoms with Crippen molar-refractivity contribution in [1.29, 1.82) is 0 Å². The molecule has 0 N–H and O–H groups in total. The van der Waals surface area contributed by atoms with E-state index in [0.29, 0.717) is 0 Å². The molecule has 2 nitrogen and oxygen atoms in total. The van der Waals surface area contributed by atoms with E-state index in [2.05, 4.69) is 145 Å². The van der Waals surface area contributed by atoms with Gasteiger partial charge in [0.15, 0.2) is 0 Å². The van der Waals surface area contributed by atoms with Crippen molar-refractivity contribution in [2.75, 3.05) is 0 Å². The summed E-state index contributed by atoms with van der Waals surface area (Å²) in [7, 11) is 0. The first-order valence-corrected chi connectivity index (χ1v) is 18.3. The van der Waals surface area contributed by atoms with Crippen LogP contribution in [0.2, 0.25) is 0 Å². The predicted octanol–water partition coefficient (Wildman–Crippen LogP) is 13.9. The fraction of sp³-hybridized carbons (Fsp3) is 0. The normalized spacial score (nSPS) is 12.2. The van der Waals surface area contributed by atoms with Gasteiger partial charge >= 0.3 is 0 Å². The average Bonchev–Trinajstić information content (AvgIpc) is 3.93. The standard InChI is InChI=1S/C46H22O2S2/c1-3-7-41-29(5-1)35-19-17-33-37(45(35)49-41)21-15-31-27-13-11-25(23-39(27)47-43(31)33)9-10-26-12-14-28-32-16-22-38-34(44(32)48-40(28)24-26)18-20-36-30-6-2-4-8-42(30)50-46(36)38/h1-8,11-24H. The summed E-state index contributed by atoms with van der Waals surface area (Å²) in [5, 5.41) is 14.4. The van der Waals surface area contributed by atoms with Crippen molar-refractivity contribution < 1.29 is 8.83 Å². The second-order valence-corrected chi connectivity index (χ2v) is 15.1. The first kappa shape index (κ1) is 26.8. The second-order valence-electron chi connectivity index (χ2n) is 13.0. The Kier molecular flexibility index (Phi) is 5.22. The van der Waals surface area contributed by atoms with E-state index in [0.717, 1.165) is 65.8 Å². The number of fused-ring (bicyclic) bond motifs is 18. The van der Waals surface area contributed by atoms with Gasteiger partial charge in [-0.15, -0.1) is 22.7 Å². The molecular formula is C46H22O2S2. The van der Waals surface area contributed by atoms with Crippen LogP contribution in [0.4, 0.5) is 0 Å². The molecule has 0 aliphatic rings. The smallest absolute Gasteiger partial charge is 0.143 e. The molecule has 50 heavy (non-hydrogen) atoms. The zero-order valence-corrected chi connectivity index (χ0v) is 28.0. The number of hydrogen-bond donors (Lipinski definition) is 0. The van der Waals surface area contributed by atoms with Crippen LogP contribution in [0, 0.1) is 11.8 Å². The zero-order chi connectivity index (χ0) is 32.5. The van der Waals surface area contributed by atoms with E-state index in [-0.39, 0.29) is 0 Å². The van der Waals surface area contributed by atoms with Gasteiger partial charge in [-0.3, -0.25) is 0 Å². The van der Waals surface area contributed by atoms with Crippen LogP contribution in [0.1, 0.15) is 11.1 Å². The van der Waals surface area contributed by atoms with Crippen LogP contribution in [-0.2, 0) is 0 Å². The fourth-order valence-corrected chi connectivity index (χ4v) is 10.4. The van der Waals surface area contributed by atoms with Gasteiger partial charge in [-0.05, 0) is 72.8 Å². The summed E-state index contributed by atoms with van der Waals surface area (Å²) in [6.07, 6.45) is 0. The Bertz CT molecular complexity index is 3270. The topological polar surface area (TPSA) is 26.3 Å². The molecule has 0 fully saturated rings. The molecule has 0 saturated heterocycles. The molecule has 12 aromatic rings. The summed E-state index contributed by atoms with van der Waals surface area (Å²) in [5.41, 5.74) is 5.38. The Labute approximate surface area is 292 Å². The van der Waals surface area contributed by atoms with Crippen LogP contribution in [-0.4, -0.2) is 0 Å². The largest absolute Gasteiger partial charge is 0.455 e. The Morgan fingerprint density at radius 2 is 0.700 bits per heavy atom. The van der Waals surface area contributed by atoms with Crippen LogP contribution in [0.15, 0.2) is 142 Å². The zero-order valence-electron chi connectivity index (χ0n) is 26.3. The van der Waals surface area contributed by atoms with Crippen molar-refractivity contribution in [3.05, 3.63) is 145 Å². The minimum absolute atomic E-state index is 0.850. The van der Waals surface area contributed by atoms with Crippen LogP contribution in [0.3, 0.4) is 0 Å². The lowest BCUT2D eigenvalue weighted by molar-refractivity contribution is 0.672. The number of benzene rings is 8. The molecule has 8 aromatic carbocycles. The van der Waals surface area contributed by atoms with E-state index >= 15 is 0 Å². The lowest BCUT2D eigenvalue weighted by Gasteiger charge is -2.01. The van der Waals surface area contributed by atoms with Crippen molar-refractivity contribution in [3.63, 3.8) is 0 Å². The summed E-state index contributed by atoms with van der Waals surface area (Å²) < 4.78 is 18.4. The maximum Gasteiger partial charge on any atom is 0.143 e. The highest BCUT2D eigenvalue weighted by Crippen LogP contribution is 2.44. The Morgan fingerprint density at radius 3 is 1.16 bits per heavy atom. The van der Waals surface area contributed by atoms with E-state index in [9.17, 15) is 0 Å². The van der Waals surface area contributed by atoms with Gasteiger partial charge < -0.3 is 8.83 Å². The highest BCUT2D eigenvalue weighted by Gasteiger charge is 2.16. The van der Waals surface area contributed by atoms with E-state index < -0.39 is 0 Å². The van der Waals surface area contributed by atoms with Crippen molar-refractivity contribution in [2.24, 2.45) is 0 Å². The van der Waals surface area contributed by atoms with E-state index in [4.69, 9.17) is 8.83 Å². The van der Waals surface area contributed by atoms with Crippen LogP contribution in [0.25, 0.3) is 106 Å². The molecule has 4 aromatic heterocycles. The first-order chi connectivity index (χ1) is 24.7. The van der Waals surface area contributed by atoms with Crippen LogP contribution >= 0.6 is 22.7 Å². The summed E-state index contributed by atoms with van der Waals surface area (Å²) in [5.74, 6) is 6.77. The van der Waals surface area contributed by atoms with Gasteiger partial charge in [0.2, 0.25) is 0 Å². The number of rotatable bonds is 0. The highest BCUT2D eigenvalue weighted by atomic mass is 32.1. The molecule has 0 atom stereocenters. The molecule has 4 heteroatoms. The van der Waals surface area contributed by atoms with Crippen molar-refractivity contribution in [3.8, 4) is 11.8 Å². The minimum atomic E-state index is 0.850. The van der Waals surface area contributed by atoms with Gasteiger partial charge in [0.1, 0.15) is 22.3 Å². The average molecular weight is 671 g/mol. The molecule has 0 unspecified atom stereocenters. The van der Waals surface area contributed by atoms with Crippen LogP contribution in [0.5, 0.6) is 0 Å². The SMILES string of the molecule is C(#Cc1ccc2c(c1)oc1c2ccc2c1ccc1c3ccccc3sc12)c1ccc2c(c1)oc1c2ccc2c1ccc1c3ccccc3sc12. The third kappa shape index (κ3) is 3.63. The maximum atomic E-state index is 6.57. The molecular weight excluding hydrogens is 649 g/mol. The molecule has 0 radical (unpaired) electrons. The Morgan fingerprint density at radius 1 is 0.340 bits per heavy atom. The Hall–Kier alpha value is -6.12. The number of thiophene rings is 2. The number of furan rings is 2. The van der Waals surface area contributed by atoms with Gasteiger partial charge in [0.25, 0.3) is 0 Å². The quantitative estimate of drug-likeness (QED) is 0.150. The molecule has 0 aliphatic heterocycles. The van der Waals surface area contributed by atoms with Gasteiger partial charge in [0, 0.05) is 94.6 Å². The summed E-state index contributed by atoms with van der Waals surface area (Å²) in [6, 6.07) is 47.7. The third-order valence-corrected chi connectivity index (χ3v) is 12.7. The molecule has 0 spiro atoms. The molecule has 0 bridgehead atoms. The van der Waals surface area contributed by atoms with E-state index in [1.165, 1.54) is 51.1 Å². The van der Waals surface area contributed by atoms with Gasteiger partial charge in [-0.25, -0.2) is 0 Å². The maximum absolute atomic E-state index is 6.57. The lowest BCUT2D eigenvalue weighted by atomic mass is 10.0. The lowest BCUT2D eigenvalue weighted by Crippen LogP contribution is -1.77. The number of hydrogen-bond acceptors (Lipinski definition) is 4. The third-order valence-electron chi connectivity index (χ3n) is 10.3. The van der Waals surface area contributed by atoms with Gasteiger partial charge in [-0.1, -0.05) is 72.5 Å². The predicted molar refractivity (Wildman–Crippen MR) is 214 cm³/mol. The van der Waals surface area contributed by atoms with Gasteiger partial charge in [0.05, 0.1) is 0 Å². The Balaban J connectivity index is 0.943. The first-order valence-electron chi connectivity index (χ1n) is 16.7.